The summed E-state index contributed by atoms with van der Waals surface area (Å²) < 4.78 is 7.03. The molecule has 0 amide bonds. The van der Waals surface area contributed by atoms with Crippen molar-refractivity contribution in [2.75, 3.05) is 18.6 Å². The Morgan fingerprint density at radius 1 is 1.29 bits per heavy atom. The first-order valence-electron chi connectivity index (χ1n) is 8.19. The molecule has 3 heterocycles. The van der Waals surface area contributed by atoms with Crippen molar-refractivity contribution in [3.05, 3.63) is 29.1 Å². The van der Waals surface area contributed by atoms with Gasteiger partial charge in [-0.3, -0.25) is 0 Å². The predicted octanol–water partition coefficient (Wildman–Crippen LogP) is 1.62. The summed E-state index contributed by atoms with van der Waals surface area (Å²) >= 11 is 0. The summed E-state index contributed by atoms with van der Waals surface area (Å²) in [6.07, 6.45) is 2.41. The van der Waals surface area contributed by atoms with Gasteiger partial charge >= 0.3 is 5.97 Å². The van der Waals surface area contributed by atoms with E-state index in [4.69, 9.17) is 4.74 Å². The average Bonchev–Trinajstić information content (AvgIpc) is 3.32. The Morgan fingerprint density at radius 2 is 2.08 bits per heavy atom. The van der Waals surface area contributed by atoms with Crippen molar-refractivity contribution in [3.63, 3.8) is 0 Å². The van der Waals surface area contributed by atoms with E-state index in [9.17, 15) is 4.79 Å². The molecule has 2 aliphatic rings. The number of carbonyl (C=O) groups is 1. The molecule has 0 radical (unpaired) electrons. The van der Waals surface area contributed by atoms with Gasteiger partial charge in [0, 0.05) is 18.2 Å². The molecular formula is C16H20N6O2. The van der Waals surface area contributed by atoms with Crippen LogP contribution in [0.5, 0.6) is 0 Å². The Kier molecular flexibility index (Phi) is 3.47. The molecule has 1 atom stereocenters. The third kappa shape index (κ3) is 2.51. The minimum atomic E-state index is -0.453. The second kappa shape index (κ2) is 5.54. The molecule has 4 rings (SSSR count). The van der Waals surface area contributed by atoms with Crippen LogP contribution in [0.3, 0.4) is 0 Å². The van der Waals surface area contributed by atoms with Crippen molar-refractivity contribution in [2.24, 2.45) is 0 Å². The summed E-state index contributed by atoms with van der Waals surface area (Å²) in [6.45, 7) is 5.35. The van der Waals surface area contributed by atoms with Gasteiger partial charge in [-0.15, -0.1) is 10.2 Å². The van der Waals surface area contributed by atoms with E-state index in [2.05, 4.69) is 31.7 Å². The third-order valence-electron chi connectivity index (χ3n) is 4.51. The molecule has 0 N–H and O–H groups in total. The first kappa shape index (κ1) is 15.0. The largest absolute Gasteiger partial charge is 0.464 e. The minimum absolute atomic E-state index is 0.241. The molecule has 1 aliphatic carbocycles. The lowest BCUT2D eigenvalue weighted by Gasteiger charge is -2.32. The Labute approximate surface area is 139 Å². The van der Waals surface area contributed by atoms with E-state index in [-0.39, 0.29) is 11.7 Å². The fourth-order valence-corrected chi connectivity index (χ4v) is 3.24. The number of aryl methyl sites for hydroxylation is 1. The SMILES string of the molecule is COC(=O)c1cc(C)nc(N2Cc3nnc(C4CC4)n3[C@@H](C)C2)n1. The van der Waals surface area contributed by atoms with Gasteiger partial charge in [0.1, 0.15) is 5.82 Å². The fraction of sp³-hybridized carbons (Fsp3) is 0.562. The number of fused-ring (bicyclic) bond motifs is 1. The molecule has 2 aromatic rings. The summed E-state index contributed by atoms with van der Waals surface area (Å²) in [6, 6.07) is 1.88. The standard InChI is InChI=1S/C16H20N6O2/c1-9-6-12(15(23)24-3)18-16(17-9)21-7-10(2)22-13(8-21)19-20-14(22)11-4-5-11/h6,10-11H,4-5,7-8H2,1-3H3/t10-/m0/s1. The van der Waals surface area contributed by atoms with Crippen LogP contribution in [0.2, 0.25) is 0 Å². The van der Waals surface area contributed by atoms with Crippen LogP contribution in [0.15, 0.2) is 6.07 Å². The number of anilines is 1. The zero-order valence-corrected chi connectivity index (χ0v) is 14.1. The number of hydrogen-bond acceptors (Lipinski definition) is 7. The van der Waals surface area contributed by atoms with Gasteiger partial charge in [-0.05, 0) is 32.8 Å². The Bertz CT molecular complexity index is 798. The number of rotatable bonds is 3. The second-order valence-electron chi connectivity index (χ2n) is 6.53. The highest BCUT2D eigenvalue weighted by molar-refractivity contribution is 5.87. The third-order valence-corrected chi connectivity index (χ3v) is 4.51. The highest BCUT2D eigenvalue weighted by Gasteiger charge is 2.35. The molecule has 0 saturated heterocycles. The van der Waals surface area contributed by atoms with Crippen molar-refractivity contribution >= 4 is 11.9 Å². The van der Waals surface area contributed by atoms with Crippen LogP contribution < -0.4 is 4.90 Å². The number of ether oxygens (including phenoxy) is 1. The first-order chi connectivity index (χ1) is 11.6. The van der Waals surface area contributed by atoms with E-state index < -0.39 is 5.97 Å². The van der Waals surface area contributed by atoms with Crippen LogP contribution in [0.4, 0.5) is 5.95 Å². The predicted molar refractivity (Wildman–Crippen MR) is 85.9 cm³/mol. The topological polar surface area (TPSA) is 86.0 Å². The molecule has 126 valence electrons. The van der Waals surface area contributed by atoms with E-state index in [1.807, 2.05) is 11.8 Å². The normalized spacial score (nSPS) is 20.0. The maximum absolute atomic E-state index is 11.8. The average molecular weight is 328 g/mol. The molecule has 0 bridgehead atoms. The molecule has 0 spiro atoms. The zero-order chi connectivity index (χ0) is 16.8. The second-order valence-corrected chi connectivity index (χ2v) is 6.53. The zero-order valence-electron chi connectivity index (χ0n) is 14.1. The van der Waals surface area contributed by atoms with E-state index in [1.54, 1.807) is 6.07 Å². The summed E-state index contributed by atoms with van der Waals surface area (Å²) in [4.78, 5) is 22.7. The lowest BCUT2D eigenvalue weighted by molar-refractivity contribution is 0.0593. The molecule has 1 aliphatic heterocycles. The van der Waals surface area contributed by atoms with Crippen LogP contribution >= 0.6 is 0 Å². The lowest BCUT2D eigenvalue weighted by atomic mass is 10.2. The number of methoxy groups -OCH3 is 1. The van der Waals surface area contributed by atoms with Crippen molar-refractivity contribution in [2.45, 2.75) is 45.2 Å². The number of carbonyl (C=O) groups excluding carboxylic acids is 1. The molecular weight excluding hydrogens is 308 g/mol. The summed E-state index contributed by atoms with van der Waals surface area (Å²) in [5.41, 5.74) is 1.01. The molecule has 24 heavy (non-hydrogen) atoms. The Hall–Kier alpha value is -2.51. The number of aromatic nitrogens is 5. The van der Waals surface area contributed by atoms with E-state index in [1.165, 1.54) is 20.0 Å². The first-order valence-corrected chi connectivity index (χ1v) is 8.19. The van der Waals surface area contributed by atoms with Gasteiger partial charge in [0.25, 0.3) is 0 Å². The van der Waals surface area contributed by atoms with Gasteiger partial charge in [-0.2, -0.15) is 0 Å². The van der Waals surface area contributed by atoms with Crippen molar-refractivity contribution in [1.82, 2.24) is 24.7 Å². The minimum Gasteiger partial charge on any atom is -0.464 e. The van der Waals surface area contributed by atoms with Gasteiger partial charge in [0.05, 0.1) is 19.7 Å². The lowest BCUT2D eigenvalue weighted by Crippen LogP contribution is -2.38. The Morgan fingerprint density at radius 3 is 2.79 bits per heavy atom. The van der Waals surface area contributed by atoms with E-state index in [0.29, 0.717) is 18.4 Å². The van der Waals surface area contributed by atoms with Gasteiger partial charge in [-0.1, -0.05) is 0 Å². The Balaban J connectivity index is 1.66. The highest BCUT2D eigenvalue weighted by atomic mass is 16.5. The van der Waals surface area contributed by atoms with E-state index in [0.717, 1.165) is 23.9 Å². The van der Waals surface area contributed by atoms with Crippen LogP contribution in [0.25, 0.3) is 0 Å². The molecule has 8 heteroatoms. The van der Waals surface area contributed by atoms with Crippen molar-refractivity contribution in [1.29, 1.82) is 0 Å². The number of esters is 1. The quantitative estimate of drug-likeness (QED) is 0.791. The van der Waals surface area contributed by atoms with Gasteiger partial charge in [0.2, 0.25) is 5.95 Å². The molecule has 0 aromatic carbocycles. The van der Waals surface area contributed by atoms with Gasteiger partial charge in [0.15, 0.2) is 11.5 Å². The molecule has 1 fully saturated rings. The fourth-order valence-electron chi connectivity index (χ4n) is 3.24. The van der Waals surface area contributed by atoms with Crippen LogP contribution in [-0.4, -0.2) is 44.4 Å². The van der Waals surface area contributed by atoms with Crippen molar-refractivity contribution in [3.8, 4) is 0 Å². The molecule has 2 aromatic heterocycles. The number of nitrogens with zero attached hydrogens (tertiary/aromatic N) is 6. The molecule has 8 nitrogen and oxygen atoms in total. The maximum atomic E-state index is 11.8. The van der Waals surface area contributed by atoms with Gasteiger partial charge in [-0.25, -0.2) is 14.8 Å². The van der Waals surface area contributed by atoms with Crippen LogP contribution in [0.1, 0.15) is 59.6 Å². The summed E-state index contributed by atoms with van der Waals surface area (Å²) in [7, 11) is 1.35. The van der Waals surface area contributed by atoms with Crippen molar-refractivity contribution < 1.29 is 9.53 Å². The smallest absolute Gasteiger partial charge is 0.356 e. The number of hydrogen-bond donors (Lipinski definition) is 0. The van der Waals surface area contributed by atoms with E-state index >= 15 is 0 Å². The van der Waals surface area contributed by atoms with Gasteiger partial charge < -0.3 is 14.2 Å². The molecule has 0 unspecified atom stereocenters. The highest BCUT2D eigenvalue weighted by Crippen LogP contribution is 2.41. The van der Waals surface area contributed by atoms with Crippen LogP contribution in [-0.2, 0) is 11.3 Å². The van der Waals surface area contributed by atoms with Crippen LogP contribution in [0, 0.1) is 6.92 Å². The summed E-state index contributed by atoms with van der Waals surface area (Å²) in [5.74, 6) is 2.69. The maximum Gasteiger partial charge on any atom is 0.356 e. The summed E-state index contributed by atoms with van der Waals surface area (Å²) in [5, 5.41) is 8.75. The monoisotopic (exact) mass is 328 g/mol. The molecule has 1 saturated carbocycles.